The van der Waals surface area contributed by atoms with E-state index in [0.29, 0.717) is 34.7 Å². The third-order valence-corrected chi connectivity index (χ3v) is 4.70. The maximum absolute atomic E-state index is 12.9. The van der Waals surface area contributed by atoms with Gasteiger partial charge in [-0.3, -0.25) is 9.59 Å². The number of hydrogen-bond donors (Lipinski definition) is 0. The molecule has 1 aliphatic rings. The normalized spacial score (nSPS) is 15.9. The summed E-state index contributed by atoms with van der Waals surface area (Å²) < 4.78 is 5.80. The quantitative estimate of drug-likeness (QED) is 0.503. The second kappa shape index (κ2) is 6.47. The molecule has 2 aromatic carbocycles. The highest BCUT2D eigenvalue weighted by Crippen LogP contribution is 2.35. The van der Waals surface area contributed by atoms with Crippen molar-refractivity contribution in [1.29, 1.82) is 0 Å². The van der Waals surface area contributed by atoms with E-state index in [1.165, 1.54) is 0 Å². The molecule has 0 radical (unpaired) electrons. The van der Waals surface area contributed by atoms with Gasteiger partial charge in [-0.1, -0.05) is 42.5 Å². The highest BCUT2D eigenvalue weighted by atomic mass is 16.5. The highest BCUT2D eigenvalue weighted by molar-refractivity contribution is 6.29. The summed E-state index contributed by atoms with van der Waals surface area (Å²) in [6.07, 6.45) is 0. The fraction of sp³-hybridized carbons (Fsp3) is 0.174. The molecule has 134 valence electrons. The van der Waals surface area contributed by atoms with Crippen LogP contribution in [0.25, 0.3) is 10.9 Å². The monoisotopic (exact) mass is 357 g/mol. The van der Waals surface area contributed by atoms with Gasteiger partial charge in [0.05, 0.1) is 5.69 Å². The van der Waals surface area contributed by atoms with E-state index in [1.54, 1.807) is 18.2 Å². The van der Waals surface area contributed by atoms with Crippen LogP contribution in [0.1, 0.15) is 44.8 Å². The molecule has 1 aromatic heterocycles. The van der Waals surface area contributed by atoms with Gasteiger partial charge in [-0.2, -0.15) is 0 Å². The number of ketones is 2. The molecule has 27 heavy (non-hydrogen) atoms. The first-order valence-electron chi connectivity index (χ1n) is 8.81. The van der Waals surface area contributed by atoms with E-state index in [2.05, 4.69) is 11.6 Å². The maximum atomic E-state index is 12.9. The van der Waals surface area contributed by atoms with Crippen LogP contribution in [0.5, 0.6) is 5.75 Å². The molecule has 1 heterocycles. The smallest absolute Gasteiger partial charge is 0.180 e. The molecule has 1 atom stereocenters. The molecule has 0 fully saturated rings. The van der Waals surface area contributed by atoms with Gasteiger partial charge < -0.3 is 4.74 Å². The van der Waals surface area contributed by atoms with Crippen molar-refractivity contribution in [3.05, 3.63) is 83.1 Å². The maximum Gasteiger partial charge on any atom is 0.180 e. The van der Waals surface area contributed by atoms with Crippen molar-refractivity contribution in [3.8, 4) is 5.75 Å². The molecule has 1 unspecified atom stereocenters. The molecule has 0 amide bonds. The zero-order chi connectivity index (χ0) is 19.1. The standard InChI is InChI=1S/C23H19NO3/c1-13(2)12-27-19-6-4-5-15-8-10-18(24-21(15)19)20-22(25)16-9-7-14(3)11-17(16)23(20)26/h4-11,20H,1,12H2,2-3H3. The van der Waals surface area contributed by atoms with Crippen molar-refractivity contribution in [2.24, 2.45) is 0 Å². The van der Waals surface area contributed by atoms with E-state index in [0.717, 1.165) is 16.5 Å². The second-order valence-electron chi connectivity index (χ2n) is 7.02. The SMILES string of the molecule is C=C(C)COc1cccc2ccc(C3C(=O)c4ccc(C)cc4C3=O)nc12. The molecule has 4 nitrogen and oxygen atoms in total. The molecule has 4 rings (SSSR count). The van der Waals surface area contributed by atoms with Gasteiger partial charge in [-0.05, 0) is 37.6 Å². The van der Waals surface area contributed by atoms with E-state index in [1.807, 2.05) is 44.2 Å². The Morgan fingerprint density at radius 3 is 2.63 bits per heavy atom. The minimum atomic E-state index is -0.889. The van der Waals surface area contributed by atoms with Gasteiger partial charge in [0, 0.05) is 16.5 Å². The van der Waals surface area contributed by atoms with Crippen molar-refractivity contribution < 1.29 is 14.3 Å². The van der Waals surface area contributed by atoms with Crippen molar-refractivity contribution in [1.82, 2.24) is 4.98 Å². The molecule has 0 saturated heterocycles. The first-order valence-corrected chi connectivity index (χ1v) is 8.81. The summed E-state index contributed by atoms with van der Waals surface area (Å²) in [5, 5.41) is 0.893. The summed E-state index contributed by atoms with van der Waals surface area (Å²) >= 11 is 0. The van der Waals surface area contributed by atoms with E-state index in [-0.39, 0.29) is 11.6 Å². The minimum Gasteiger partial charge on any atom is -0.487 e. The highest BCUT2D eigenvalue weighted by Gasteiger charge is 2.40. The number of hydrogen-bond acceptors (Lipinski definition) is 4. The zero-order valence-electron chi connectivity index (χ0n) is 15.3. The largest absolute Gasteiger partial charge is 0.487 e. The second-order valence-corrected chi connectivity index (χ2v) is 7.02. The molecule has 0 aliphatic heterocycles. The van der Waals surface area contributed by atoms with Gasteiger partial charge in [0.1, 0.15) is 23.8 Å². The molecule has 0 saturated carbocycles. The summed E-state index contributed by atoms with van der Waals surface area (Å²) in [6.45, 7) is 8.03. The van der Waals surface area contributed by atoms with E-state index in [4.69, 9.17) is 4.74 Å². The van der Waals surface area contributed by atoms with Crippen LogP contribution in [0.3, 0.4) is 0 Å². The van der Waals surface area contributed by atoms with E-state index in [9.17, 15) is 9.59 Å². The number of aryl methyl sites for hydroxylation is 1. The molecule has 1 aliphatic carbocycles. The zero-order valence-corrected chi connectivity index (χ0v) is 15.3. The fourth-order valence-electron chi connectivity index (χ4n) is 3.39. The third-order valence-electron chi connectivity index (χ3n) is 4.70. The predicted octanol–water partition coefficient (Wildman–Crippen LogP) is 4.66. The van der Waals surface area contributed by atoms with Crippen LogP contribution in [0.2, 0.25) is 0 Å². The lowest BCUT2D eigenvalue weighted by Crippen LogP contribution is -2.14. The minimum absolute atomic E-state index is 0.189. The number of carbonyl (C=O) groups excluding carboxylic acids is 2. The number of aromatic nitrogens is 1. The molecule has 4 heteroatoms. The average Bonchev–Trinajstić information content (AvgIpc) is 2.89. The van der Waals surface area contributed by atoms with Crippen LogP contribution in [0, 0.1) is 6.92 Å². The van der Waals surface area contributed by atoms with Crippen molar-refractivity contribution in [2.75, 3.05) is 6.61 Å². The summed E-state index contributed by atoms with van der Waals surface area (Å²) in [5.74, 6) is -0.655. The lowest BCUT2D eigenvalue weighted by Gasteiger charge is -2.11. The molecule has 0 N–H and O–H groups in total. The Bertz CT molecular complexity index is 1110. The van der Waals surface area contributed by atoms with Gasteiger partial charge in [-0.15, -0.1) is 0 Å². The Morgan fingerprint density at radius 1 is 1.07 bits per heavy atom. The first kappa shape index (κ1) is 17.2. The van der Waals surface area contributed by atoms with Crippen LogP contribution in [-0.4, -0.2) is 23.2 Å². The number of benzene rings is 2. The third kappa shape index (κ3) is 2.93. The van der Waals surface area contributed by atoms with Gasteiger partial charge >= 0.3 is 0 Å². The van der Waals surface area contributed by atoms with Gasteiger partial charge in [0.25, 0.3) is 0 Å². The summed E-state index contributed by atoms with van der Waals surface area (Å²) in [4.78, 5) is 30.4. The predicted molar refractivity (Wildman–Crippen MR) is 105 cm³/mol. The number of rotatable bonds is 4. The summed E-state index contributed by atoms with van der Waals surface area (Å²) in [7, 11) is 0. The van der Waals surface area contributed by atoms with Crippen molar-refractivity contribution >= 4 is 22.5 Å². The van der Waals surface area contributed by atoms with Crippen LogP contribution < -0.4 is 4.74 Å². The van der Waals surface area contributed by atoms with E-state index >= 15 is 0 Å². The Kier molecular flexibility index (Phi) is 4.11. The number of carbonyl (C=O) groups is 2. The van der Waals surface area contributed by atoms with Gasteiger partial charge in [-0.25, -0.2) is 4.98 Å². The number of ether oxygens (including phenoxy) is 1. The van der Waals surface area contributed by atoms with Crippen molar-refractivity contribution in [3.63, 3.8) is 0 Å². The van der Waals surface area contributed by atoms with E-state index < -0.39 is 5.92 Å². The fourth-order valence-corrected chi connectivity index (χ4v) is 3.39. The van der Waals surface area contributed by atoms with Gasteiger partial charge in [0.15, 0.2) is 11.6 Å². The summed E-state index contributed by atoms with van der Waals surface area (Å²) in [6, 6.07) is 14.6. The lowest BCUT2D eigenvalue weighted by atomic mass is 9.98. The van der Waals surface area contributed by atoms with Crippen LogP contribution >= 0.6 is 0 Å². The molecule has 0 spiro atoms. The van der Waals surface area contributed by atoms with Gasteiger partial charge in [0.2, 0.25) is 0 Å². The molecule has 0 bridgehead atoms. The number of nitrogens with zero attached hydrogens (tertiary/aromatic N) is 1. The summed E-state index contributed by atoms with van der Waals surface area (Å²) in [5.41, 5.74) is 3.91. The Labute approximate surface area is 157 Å². The topological polar surface area (TPSA) is 56.3 Å². The first-order chi connectivity index (χ1) is 13.0. The van der Waals surface area contributed by atoms with Crippen LogP contribution in [0.4, 0.5) is 0 Å². The van der Waals surface area contributed by atoms with Crippen molar-refractivity contribution in [2.45, 2.75) is 19.8 Å². The van der Waals surface area contributed by atoms with Crippen LogP contribution in [0.15, 0.2) is 60.7 Å². The number of Topliss-reactive ketones (excluding diaryl/α,β-unsaturated/α-hetero) is 2. The number of pyridine rings is 1. The Hall–Kier alpha value is -3.27. The molecular weight excluding hydrogens is 338 g/mol. The number of para-hydroxylation sites is 1. The lowest BCUT2D eigenvalue weighted by molar-refractivity contribution is 0.0888. The Balaban J connectivity index is 1.78. The number of fused-ring (bicyclic) bond motifs is 2. The van der Waals surface area contributed by atoms with Crippen LogP contribution in [-0.2, 0) is 0 Å². The Morgan fingerprint density at radius 2 is 1.85 bits per heavy atom. The average molecular weight is 357 g/mol. The molecule has 3 aromatic rings. The molecular formula is C23H19NO3.